The van der Waals surface area contributed by atoms with Crippen molar-refractivity contribution in [3.05, 3.63) is 203 Å². The molecule has 1 aliphatic heterocycles. The minimum Gasteiger partial charge on any atom is -0.399 e. The number of halogens is 3. The van der Waals surface area contributed by atoms with Crippen molar-refractivity contribution >= 4 is 163 Å². The number of hydrogen-bond acceptors (Lipinski definition) is 15. The molecule has 0 bridgehead atoms. The number of H-pyrrole nitrogens is 3. The summed E-state index contributed by atoms with van der Waals surface area (Å²) in [4.78, 5) is 44.4. The Morgan fingerprint density at radius 2 is 0.976 bits per heavy atom. The molecule has 0 saturated carbocycles. The van der Waals surface area contributed by atoms with E-state index in [0.29, 0.717) is 16.8 Å². The molecular formula is C60H50BCl3N14O2S2. The average Bonchev–Trinajstić information content (AvgIpc) is 4.45. The van der Waals surface area contributed by atoms with E-state index in [4.69, 9.17) is 54.8 Å². The lowest BCUT2D eigenvalue weighted by Gasteiger charge is -2.32. The van der Waals surface area contributed by atoms with Gasteiger partial charge in [-0.1, -0.05) is 48.0 Å². The second-order valence-corrected chi connectivity index (χ2v) is 22.4. The third kappa shape index (κ3) is 12.8. The summed E-state index contributed by atoms with van der Waals surface area (Å²) in [5.74, 6) is 2.19. The first-order chi connectivity index (χ1) is 39.7. The Balaban J connectivity index is 0.000000112. The van der Waals surface area contributed by atoms with Crippen LogP contribution in [0.4, 0.5) is 28.7 Å². The Bertz CT molecular complexity index is 4470. The van der Waals surface area contributed by atoms with Gasteiger partial charge in [0.25, 0.3) is 0 Å². The number of nitrogens with two attached hydrogens (primary N) is 1. The number of nitrogens with zero attached hydrogens (tertiary/aromatic N) is 8. The van der Waals surface area contributed by atoms with Crippen LogP contribution >= 0.6 is 57.5 Å². The van der Waals surface area contributed by atoms with E-state index >= 15 is 0 Å². The number of benzene rings is 6. The van der Waals surface area contributed by atoms with Crippen LogP contribution in [0.3, 0.4) is 0 Å². The standard InChI is InChI=1S/C19H13N5S.C16H11ClN4.C9H14BNO2S.C8H4Cl2N2.C8H8N2/c1-2-4-16-14(3-1)18(24-19(23-16)17-10-20-11-25-17)22-13-5-6-15-12(9-13)7-8-21-15;17-16-20-14-4-2-1-3-12(14)15(21-16)19-11-5-6-13-10(9-11)7-8-18-13;1-8(2)9(3,4)13-10(12-8)7-5-11-6-14-7;9-7-5-3-1-2-4-6(5)11-8(10)12-7;9-7-1-2-8-6(5-7)3-4-10-8/h1-11,21H,(H,22,23,24);1-9,18H,(H,19,20,21);5-6H,1-4H3;1-4H;1-5,10H,9H2. The zero-order chi connectivity index (χ0) is 56.8. The lowest BCUT2D eigenvalue weighted by Crippen LogP contribution is -2.41. The average molecular weight is 1180 g/mol. The number of nitrogen functional groups attached to an aromatic ring is 1. The molecule has 14 aromatic rings. The smallest absolute Gasteiger partial charge is 0.399 e. The number of fused-ring (bicyclic) bond motifs is 6. The summed E-state index contributed by atoms with van der Waals surface area (Å²) >= 11 is 20.5. The van der Waals surface area contributed by atoms with Crippen molar-refractivity contribution in [3.8, 4) is 10.7 Å². The maximum atomic E-state index is 6.00. The Kier molecular flexibility index (Phi) is 16.4. The monoisotopic (exact) mass is 1180 g/mol. The van der Waals surface area contributed by atoms with E-state index in [1.165, 1.54) is 16.7 Å². The van der Waals surface area contributed by atoms with E-state index in [1.807, 2.05) is 168 Å². The number of nitrogens with one attached hydrogen (secondary N) is 5. The number of hydrogen-bond donors (Lipinski definition) is 6. The minimum atomic E-state index is -0.262. The van der Waals surface area contributed by atoms with Crippen molar-refractivity contribution in [2.24, 2.45) is 0 Å². The molecular weight excluding hydrogens is 1130 g/mol. The van der Waals surface area contributed by atoms with Crippen LogP contribution in [-0.2, 0) is 9.31 Å². The first-order valence-electron chi connectivity index (χ1n) is 25.6. The van der Waals surface area contributed by atoms with Gasteiger partial charge < -0.3 is 40.6 Å². The Hall–Kier alpha value is -8.53. The van der Waals surface area contributed by atoms with Crippen LogP contribution in [0, 0.1) is 0 Å². The van der Waals surface area contributed by atoms with E-state index in [2.05, 4.69) is 84.7 Å². The number of para-hydroxylation sites is 3. The van der Waals surface area contributed by atoms with Crippen molar-refractivity contribution in [1.29, 1.82) is 0 Å². The summed E-state index contributed by atoms with van der Waals surface area (Å²) in [6, 6.07) is 47.5. The molecule has 0 radical (unpaired) electrons. The van der Waals surface area contributed by atoms with Gasteiger partial charge in [-0.3, -0.25) is 9.97 Å². The van der Waals surface area contributed by atoms with Gasteiger partial charge in [0.15, 0.2) is 5.82 Å². The normalized spacial score (nSPS) is 13.2. The zero-order valence-electron chi connectivity index (χ0n) is 44.4. The molecule has 1 aliphatic rings. The van der Waals surface area contributed by atoms with Gasteiger partial charge >= 0.3 is 7.12 Å². The molecule has 6 aromatic carbocycles. The number of anilines is 5. The summed E-state index contributed by atoms with van der Waals surface area (Å²) in [5.41, 5.74) is 17.2. The quantitative estimate of drug-likeness (QED) is 0.0396. The van der Waals surface area contributed by atoms with Gasteiger partial charge in [0.05, 0.1) is 48.4 Å². The predicted molar refractivity (Wildman–Crippen MR) is 338 cm³/mol. The van der Waals surface area contributed by atoms with Crippen LogP contribution in [0.2, 0.25) is 15.7 Å². The molecule has 0 amide bonds. The first kappa shape index (κ1) is 55.4. The van der Waals surface area contributed by atoms with Crippen molar-refractivity contribution < 1.29 is 9.31 Å². The molecule has 408 valence electrons. The molecule has 8 aromatic heterocycles. The van der Waals surface area contributed by atoms with E-state index in [0.717, 1.165) is 92.6 Å². The summed E-state index contributed by atoms with van der Waals surface area (Å²) in [6.07, 6.45) is 9.36. The number of thiazole rings is 2. The maximum absolute atomic E-state index is 6.00. The van der Waals surface area contributed by atoms with E-state index in [-0.39, 0.29) is 28.9 Å². The van der Waals surface area contributed by atoms with E-state index in [1.54, 1.807) is 34.8 Å². The minimum absolute atomic E-state index is 0.179. The van der Waals surface area contributed by atoms with Crippen molar-refractivity contribution in [2.45, 2.75) is 38.9 Å². The molecule has 0 unspecified atom stereocenters. The highest BCUT2D eigenvalue weighted by molar-refractivity contribution is 7.20. The molecule has 22 heteroatoms. The molecule has 82 heavy (non-hydrogen) atoms. The van der Waals surface area contributed by atoms with Crippen LogP contribution in [0.25, 0.3) is 76.1 Å². The highest BCUT2D eigenvalue weighted by atomic mass is 35.5. The fourth-order valence-electron chi connectivity index (χ4n) is 8.67. The zero-order valence-corrected chi connectivity index (χ0v) is 48.3. The van der Waals surface area contributed by atoms with Crippen LogP contribution < -0.4 is 21.1 Å². The molecule has 0 spiro atoms. The molecule has 9 heterocycles. The van der Waals surface area contributed by atoms with Gasteiger partial charge in [-0.15, -0.1) is 22.7 Å². The molecule has 7 N–H and O–H groups in total. The largest absolute Gasteiger partial charge is 0.507 e. The van der Waals surface area contributed by atoms with Gasteiger partial charge in [-0.05, 0) is 160 Å². The SMILES string of the molecule is CC1(C)OB(c2cncs2)OC1(C)C.Clc1nc(Cl)c2ccccc2n1.Clc1nc(Nc2ccc3[nH]ccc3c2)c2ccccc2n1.Nc1ccc2[nH]ccc2c1.c1ccc2c(Nc3ccc4[nH]ccc4c3)nc(-c3cncs3)nc2c1. The van der Waals surface area contributed by atoms with Gasteiger partial charge in [-0.25, -0.2) is 24.9 Å². The van der Waals surface area contributed by atoms with Crippen LogP contribution in [0.5, 0.6) is 0 Å². The highest BCUT2D eigenvalue weighted by Crippen LogP contribution is 2.37. The topological polar surface area (TPSA) is 219 Å². The Labute approximate surface area is 493 Å². The van der Waals surface area contributed by atoms with Crippen LogP contribution in [0.15, 0.2) is 188 Å². The molecule has 16 nitrogen and oxygen atoms in total. The fraction of sp³-hybridized carbons (Fsp3) is 0.100. The van der Waals surface area contributed by atoms with Crippen molar-refractivity contribution in [3.63, 3.8) is 0 Å². The summed E-state index contributed by atoms with van der Waals surface area (Å²) in [5, 5.41) is 13.8. The van der Waals surface area contributed by atoms with Crippen molar-refractivity contribution in [1.82, 2.24) is 54.8 Å². The van der Waals surface area contributed by atoms with E-state index in [9.17, 15) is 0 Å². The predicted octanol–water partition coefficient (Wildman–Crippen LogP) is 15.6. The molecule has 0 aliphatic carbocycles. The van der Waals surface area contributed by atoms with Gasteiger partial charge in [0.2, 0.25) is 10.6 Å². The fourth-order valence-corrected chi connectivity index (χ4v) is 10.4. The Morgan fingerprint density at radius 1 is 0.500 bits per heavy atom. The van der Waals surface area contributed by atoms with Gasteiger partial charge in [-0.2, -0.15) is 4.98 Å². The Morgan fingerprint density at radius 3 is 1.52 bits per heavy atom. The lowest BCUT2D eigenvalue weighted by atomic mass is 9.89. The highest BCUT2D eigenvalue weighted by Gasteiger charge is 2.52. The van der Waals surface area contributed by atoms with Gasteiger partial charge in [0, 0.05) is 96.9 Å². The second-order valence-electron chi connectivity index (χ2n) is 19.6. The third-order valence-electron chi connectivity index (χ3n) is 13.5. The number of rotatable bonds is 6. The second kappa shape index (κ2) is 24.3. The number of aromatic nitrogens is 11. The maximum Gasteiger partial charge on any atom is 0.507 e. The summed E-state index contributed by atoms with van der Waals surface area (Å²) in [7, 11) is -0.257. The molecule has 1 fully saturated rings. The van der Waals surface area contributed by atoms with Crippen LogP contribution in [-0.4, -0.2) is 73.1 Å². The molecule has 1 saturated heterocycles. The number of aromatic amines is 3. The molecule has 15 rings (SSSR count). The van der Waals surface area contributed by atoms with Crippen molar-refractivity contribution in [2.75, 3.05) is 16.4 Å². The summed E-state index contributed by atoms with van der Waals surface area (Å²) < 4.78 is 12.7. The van der Waals surface area contributed by atoms with E-state index < -0.39 is 0 Å². The first-order valence-corrected chi connectivity index (χ1v) is 28.5. The third-order valence-corrected chi connectivity index (χ3v) is 15.7. The van der Waals surface area contributed by atoms with Gasteiger partial charge in [0.1, 0.15) is 16.8 Å². The van der Waals surface area contributed by atoms with Crippen LogP contribution in [0.1, 0.15) is 27.7 Å². The summed E-state index contributed by atoms with van der Waals surface area (Å²) in [6.45, 7) is 8.20. The molecule has 0 atom stereocenters. The lowest BCUT2D eigenvalue weighted by molar-refractivity contribution is 0.00578.